The van der Waals surface area contributed by atoms with E-state index in [0.717, 1.165) is 17.9 Å². The highest BCUT2D eigenvalue weighted by Crippen LogP contribution is 2.22. The van der Waals surface area contributed by atoms with Gasteiger partial charge in [0.2, 0.25) is 0 Å². The maximum atomic E-state index is 5.73. The predicted octanol–water partition coefficient (Wildman–Crippen LogP) is 4.04. The Balaban J connectivity index is 2.61. The molecule has 0 spiro atoms. The summed E-state index contributed by atoms with van der Waals surface area (Å²) >= 11 is 0. The molecule has 0 fully saturated rings. The lowest BCUT2D eigenvalue weighted by Gasteiger charge is -2.21. The third-order valence-electron chi connectivity index (χ3n) is 2.16. The van der Waals surface area contributed by atoms with E-state index in [9.17, 15) is 0 Å². The van der Waals surface area contributed by atoms with Gasteiger partial charge in [0.15, 0.2) is 0 Å². The molecule has 0 heterocycles. The molecule has 0 saturated heterocycles. The minimum atomic E-state index is -0.154. The summed E-state index contributed by atoms with van der Waals surface area (Å²) in [5.41, 5.74) is -0.154. The number of benzene rings is 1. The van der Waals surface area contributed by atoms with Gasteiger partial charge in [0.25, 0.3) is 0 Å². The number of ether oxygens (including phenoxy) is 2. The molecule has 1 aromatic rings. The maximum Gasteiger partial charge on any atom is 0.120 e. The second kappa shape index (κ2) is 5.24. The van der Waals surface area contributed by atoms with Gasteiger partial charge in [-0.3, -0.25) is 0 Å². The van der Waals surface area contributed by atoms with Crippen LogP contribution >= 0.6 is 0 Å². The van der Waals surface area contributed by atoms with Crippen LogP contribution in [0.5, 0.6) is 11.5 Å². The van der Waals surface area contributed by atoms with Crippen molar-refractivity contribution in [3.63, 3.8) is 0 Å². The summed E-state index contributed by atoms with van der Waals surface area (Å²) in [7, 11) is 0. The fourth-order valence-corrected chi connectivity index (χ4v) is 1.26. The van der Waals surface area contributed by atoms with E-state index < -0.39 is 0 Å². The van der Waals surface area contributed by atoms with Crippen molar-refractivity contribution in [1.82, 2.24) is 0 Å². The lowest BCUT2D eigenvalue weighted by Crippen LogP contribution is -2.22. The molecule has 2 nitrogen and oxygen atoms in total. The topological polar surface area (TPSA) is 18.5 Å². The van der Waals surface area contributed by atoms with Gasteiger partial charge in [-0.2, -0.15) is 0 Å². The molecule has 0 saturated carbocycles. The van der Waals surface area contributed by atoms with E-state index in [1.54, 1.807) is 0 Å². The third kappa shape index (κ3) is 4.56. The Morgan fingerprint density at radius 1 is 1.06 bits per heavy atom. The Morgan fingerprint density at radius 2 is 1.56 bits per heavy atom. The van der Waals surface area contributed by atoms with Crippen LogP contribution in [0, 0.1) is 0 Å². The third-order valence-corrected chi connectivity index (χ3v) is 2.16. The maximum absolute atomic E-state index is 5.73. The molecule has 16 heavy (non-hydrogen) atoms. The fraction of sp³-hybridized carbons (Fsp3) is 0.571. The van der Waals surface area contributed by atoms with Crippen molar-refractivity contribution < 1.29 is 9.47 Å². The van der Waals surface area contributed by atoms with Gasteiger partial charge in [-0.15, -0.1) is 0 Å². The Labute approximate surface area is 98.6 Å². The molecule has 0 radical (unpaired) electrons. The summed E-state index contributed by atoms with van der Waals surface area (Å²) in [6.45, 7) is 10.3. The zero-order valence-electron chi connectivity index (χ0n) is 10.9. The van der Waals surface area contributed by atoms with Crippen molar-refractivity contribution in [3.05, 3.63) is 24.3 Å². The standard InChI is InChI=1S/C14H22O2/c1-6-11(2)15-12-7-9-13(10-8-12)16-14(3,4)5/h7-11H,6H2,1-5H3. The Hall–Kier alpha value is -1.18. The summed E-state index contributed by atoms with van der Waals surface area (Å²) in [6.07, 6.45) is 1.27. The number of hydrogen-bond donors (Lipinski definition) is 0. The summed E-state index contributed by atoms with van der Waals surface area (Å²) in [5, 5.41) is 0. The van der Waals surface area contributed by atoms with Crippen molar-refractivity contribution in [2.45, 2.75) is 52.7 Å². The van der Waals surface area contributed by atoms with E-state index in [0.29, 0.717) is 0 Å². The minimum Gasteiger partial charge on any atom is -0.491 e. The predicted molar refractivity (Wildman–Crippen MR) is 67.2 cm³/mol. The van der Waals surface area contributed by atoms with Gasteiger partial charge in [-0.25, -0.2) is 0 Å². The summed E-state index contributed by atoms with van der Waals surface area (Å²) in [4.78, 5) is 0. The van der Waals surface area contributed by atoms with Crippen molar-refractivity contribution in [3.8, 4) is 11.5 Å². The molecular formula is C14H22O2. The quantitative estimate of drug-likeness (QED) is 0.765. The summed E-state index contributed by atoms with van der Waals surface area (Å²) in [5.74, 6) is 1.78. The van der Waals surface area contributed by atoms with Gasteiger partial charge in [0, 0.05) is 0 Å². The molecule has 0 amide bonds. The lowest BCUT2D eigenvalue weighted by molar-refractivity contribution is 0.130. The smallest absolute Gasteiger partial charge is 0.120 e. The number of hydrogen-bond acceptors (Lipinski definition) is 2. The molecular weight excluding hydrogens is 200 g/mol. The first kappa shape index (κ1) is 12.9. The van der Waals surface area contributed by atoms with Crippen LogP contribution in [-0.2, 0) is 0 Å². The Kier molecular flexibility index (Phi) is 4.22. The van der Waals surface area contributed by atoms with Gasteiger partial charge in [0.05, 0.1) is 6.10 Å². The van der Waals surface area contributed by atoms with Crippen LogP contribution < -0.4 is 9.47 Å². The summed E-state index contributed by atoms with van der Waals surface area (Å²) < 4.78 is 11.4. The van der Waals surface area contributed by atoms with E-state index in [4.69, 9.17) is 9.47 Å². The van der Waals surface area contributed by atoms with Gasteiger partial charge in [-0.05, 0) is 58.4 Å². The second-order valence-corrected chi connectivity index (χ2v) is 5.02. The average Bonchev–Trinajstić information content (AvgIpc) is 2.18. The zero-order chi connectivity index (χ0) is 12.2. The summed E-state index contributed by atoms with van der Waals surface area (Å²) in [6, 6.07) is 7.80. The van der Waals surface area contributed by atoms with Crippen molar-refractivity contribution in [1.29, 1.82) is 0 Å². The molecule has 0 N–H and O–H groups in total. The Morgan fingerprint density at radius 3 is 2.00 bits per heavy atom. The van der Waals surface area contributed by atoms with Crippen molar-refractivity contribution >= 4 is 0 Å². The molecule has 0 bridgehead atoms. The van der Waals surface area contributed by atoms with Gasteiger partial charge in [0.1, 0.15) is 17.1 Å². The van der Waals surface area contributed by atoms with Crippen molar-refractivity contribution in [2.75, 3.05) is 0 Å². The molecule has 0 aliphatic rings. The van der Waals surface area contributed by atoms with Gasteiger partial charge < -0.3 is 9.47 Å². The SMILES string of the molecule is CCC(C)Oc1ccc(OC(C)(C)C)cc1. The molecule has 0 aliphatic carbocycles. The second-order valence-electron chi connectivity index (χ2n) is 5.02. The minimum absolute atomic E-state index is 0.154. The van der Waals surface area contributed by atoms with E-state index in [1.807, 2.05) is 45.0 Å². The monoisotopic (exact) mass is 222 g/mol. The molecule has 1 atom stereocenters. The highest BCUT2D eigenvalue weighted by Gasteiger charge is 2.11. The van der Waals surface area contributed by atoms with E-state index >= 15 is 0 Å². The largest absolute Gasteiger partial charge is 0.491 e. The first-order valence-corrected chi connectivity index (χ1v) is 5.86. The Bertz CT molecular complexity index is 309. The fourth-order valence-electron chi connectivity index (χ4n) is 1.26. The van der Waals surface area contributed by atoms with Crippen LogP contribution in [0.15, 0.2) is 24.3 Å². The van der Waals surface area contributed by atoms with Crippen LogP contribution in [-0.4, -0.2) is 11.7 Å². The normalized spacial score (nSPS) is 13.3. The van der Waals surface area contributed by atoms with Crippen molar-refractivity contribution in [2.24, 2.45) is 0 Å². The molecule has 1 aromatic carbocycles. The first-order valence-electron chi connectivity index (χ1n) is 5.86. The molecule has 0 aromatic heterocycles. The van der Waals surface area contributed by atoms with E-state index in [-0.39, 0.29) is 11.7 Å². The van der Waals surface area contributed by atoms with Crippen LogP contribution in [0.1, 0.15) is 41.0 Å². The van der Waals surface area contributed by atoms with Gasteiger partial charge in [-0.1, -0.05) is 6.92 Å². The number of rotatable bonds is 4. The van der Waals surface area contributed by atoms with Crippen LogP contribution in [0.2, 0.25) is 0 Å². The van der Waals surface area contributed by atoms with E-state index in [2.05, 4.69) is 13.8 Å². The van der Waals surface area contributed by atoms with E-state index in [1.165, 1.54) is 0 Å². The highest BCUT2D eigenvalue weighted by atomic mass is 16.5. The molecule has 0 aliphatic heterocycles. The first-order chi connectivity index (χ1) is 7.40. The van der Waals surface area contributed by atoms with Crippen LogP contribution in [0.4, 0.5) is 0 Å². The molecule has 1 unspecified atom stereocenters. The zero-order valence-corrected chi connectivity index (χ0v) is 10.9. The van der Waals surface area contributed by atoms with Gasteiger partial charge >= 0.3 is 0 Å². The average molecular weight is 222 g/mol. The van der Waals surface area contributed by atoms with Crippen LogP contribution in [0.3, 0.4) is 0 Å². The lowest BCUT2D eigenvalue weighted by atomic mass is 10.2. The molecule has 2 heteroatoms. The highest BCUT2D eigenvalue weighted by molar-refractivity contribution is 5.31. The molecule has 1 rings (SSSR count). The molecule has 90 valence electrons. The van der Waals surface area contributed by atoms with Crippen LogP contribution in [0.25, 0.3) is 0 Å².